The van der Waals surface area contributed by atoms with Crippen molar-refractivity contribution in [3.05, 3.63) is 47.8 Å². The van der Waals surface area contributed by atoms with Crippen molar-refractivity contribution in [1.29, 1.82) is 0 Å². The molecule has 1 aliphatic carbocycles. The van der Waals surface area contributed by atoms with Crippen LogP contribution in [-0.2, 0) is 27.9 Å². The number of carbonyl (C=O) groups excluding carboxylic acids is 4. The lowest BCUT2D eigenvalue weighted by atomic mass is 9.83. The lowest BCUT2D eigenvalue weighted by Gasteiger charge is -2.30. The zero-order valence-corrected chi connectivity index (χ0v) is 20.3. The monoisotopic (exact) mass is 482 g/mol. The number of primary amides is 1. The van der Waals surface area contributed by atoms with Gasteiger partial charge in [0.1, 0.15) is 17.8 Å². The Kier molecular flexibility index (Phi) is 8.99. The van der Waals surface area contributed by atoms with Gasteiger partial charge in [-0.25, -0.2) is 0 Å². The van der Waals surface area contributed by atoms with Gasteiger partial charge >= 0.3 is 0 Å². The highest BCUT2D eigenvalue weighted by molar-refractivity contribution is 6.00. The summed E-state index contributed by atoms with van der Waals surface area (Å²) < 4.78 is 1.48. The van der Waals surface area contributed by atoms with E-state index in [4.69, 9.17) is 5.73 Å². The fraction of sp³-hybridized carbons (Fsp3) is 0.480. The SMILES string of the molecule is CCC(=O)N[C@H](Cc1ccc(NC(=O)[C@@H](NC(=O)c2ccnn2C)C2CCCCC2)cc1)C(N)=O. The Morgan fingerprint density at radius 1 is 1.06 bits per heavy atom. The number of anilines is 1. The molecule has 0 bridgehead atoms. The first kappa shape index (κ1) is 25.9. The molecule has 35 heavy (non-hydrogen) atoms. The number of nitrogens with one attached hydrogen (secondary N) is 3. The van der Waals surface area contributed by atoms with Crippen LogP contribution in [0.1, 0.15) is 61.5 Å². The van der Waals surface area contributed by atoms with Crippen molar-refractivity contribution < 1.29 is 19.2 Å². The zero-order chi connectivity index (χ0) is 25.4. The molecule has 1 heterocycles. The third kappa shape index (κ3) is 7.14. The van der Waals surface area contributed by atoms with Crippen molar-refractivity contribution in [2.75, 3.05) is 5.32 Å². The summed E-state index contributed by atoms with van der Waals surface area (Å²) in [7, 11) is 1.68. The standard InChI is InChI=1S/C25H34N6O4/c1-3-21(32)29-19(23(26)33)15-16-9-11-18(12-10-16)28-25(35)22(17-7-5-4-6-8-17)30-24(34)20-13-14-27-31(20)2/h9-14,17,19,22H,3-8,15H2,1-2H3,(H2,26,33)(H,28,35)(H,29,32)(H,30,34)/t19-,22+/m1/s1. The number of amides is 4. The minimum absolute atomic E-state index is 0.0544. The maximum absolute atomic E-state index is 13.3. The summed E-state index contributed by atoms with van der Waals surface area (Å²) in [5, 5.41) is 12.5. The summed E-state index contributed by atoms with van der Waals surface area (Å²) in [5.41, 5.74) is 7.17. The molecule has 1 aromatic carbocycles. The van der Waals surface area contributed by atoms with Crippen LogP contribution in [0.3, 0.4) is 0 Å². The molecule has 2 aromatic rings. The molecule has 5 N–H and O–H groups in total. The van der Waals surface area contributed by atoms with Crippen molar-refractivity contribution in [3.63, 3.8) is 0 Å². The second-order valence-corrected chi connectivity index (χ2v) is 8.96. The van der Waals surface area contributed by atoms with Gasteiger partial charge in [0.15, 0.2) is 0 Å². The van der Waals surface area contributed by atoms with Gasteiger partial charge in [0.25, 0.3) is 5.91 Å². The molecule has 0 radical (unpaired) electrons. The van der Waals surface area contributed by atoms with E-state index in [0.29, 0.717) is 11.4 Å². The summed E-state index contributed by atoms with van der Waals surface area (Å²) in [6, 6.07) is 7.15. The molecule has 0 spiro atoms. The lowest BCUT2D eigenvalue weighted by Crippen LogP contribution is -2.49. The van der Waals surface area contributed by atoms with Gasteiger partial charge in [-0.15, -0.1) is 0 Å². The molecule has 10 nitrogen and oxygen atoms in total. The summed E-state index contributed by atoms with van der Waals surface area (Å²) in [6.07, 6.45) is 6.99. The predicted octanol–water partition coefficient (Wildman–Crippen LogP) is 1.66. The molecule has 1 aliphatic rings. The van der Waals surface area contributed by atoms with Crippen molar-refractivity contribution in [2.45, 2.75) is 64.0 Å². The highest BCUT2D eigenvalue weighted by Gasteiger charge is 2.32. The van der Waals surface area contributed by atoms with Gasteiger partial charge in [-0.05, 0) is 42.5 Å². The van der Waals surface area contributed by atoms with Gasteiger partial charge in [0.05, 0.1) is 0 Å². The topological polar surface area (TPSA) is 148 Å². The number of benzene rings is 1. The molecule has 188 valence electrons. The van der Waals surface area contributed by atoms with Crippen LogP contribution in [0.2, 0.25) is 0 Å². The molecule has 0 saturated heterocycles. The maximum atomic E-state index is 13.3. The first-order valence-electron chi connectivity index (χ1n) is 12.1. The largest absolute Gasteiger partial charge is 0.368 e. The van der Waals surface area contributed by atoms with Crippen LogP contribution >= 0.6 is 0 Å². The van der Waals surface area contributed by atoms with E-state index >= 15 is 0 Å². The predicted molar refractivity (Wildman–Crippen MR) is 131 cm³/mol. The average molecular weight is 483 g/mol. The lowest BCUT2D eigenvalue weighted by molar-refractivity contribution is -0.127. The van der Waals surface area contributed by atoms with E-state index in [2.05, 4.69) is 21.0 Å². The summed E-state index contributed by atoms with van der Waals surface area (Å²) >= 11 is 0. The molecule has 1 fully saturated rings. The first-order valence-corrected chi connectivity index (χ1v) is 12.1. The van der Waals surface area contributed by atoms with E-state index in [-0.39, 0.29) is 36.5 Å². The van der Waals surface area contributed by atoms with E-state index < -0.39 is 18.0 Å². The molecule has 0 unspecified atom stereocenters. The Balaban J connectivity index is 1.68. The van der Waals surface area contributed by atoms with E-state index in [1.54, 1.807) is 50.5 Å². The highest BCUT2D eigenvalue weighted by atomic mass is 16.2. The van der Waals surface area contributed by atoms with E-state index in [9.17, 15) is 19.2 Å². The van der Waals surface area contributed by atoms with Crippen molar-refractivity contribution in [3.8, 4) is 0 Å². The van der Waals surface area contributed by atoms with Crippen molar-refractivity contribution >= 4 is 29.3 Å². The molecular weight excluding hydrogens is 448 g/mol. The van der Waals surface area contributed by atoms with Crippen molar-refractivity contribution in [2.24, 2.45) is 18.7 Å². The van der Waals surface area contributed by atoms with E-state index in [0.717, 1.165) is 37.7 Å². The number of carbonyl (C=O) groups is 4. The highest BCUT2D eigenvalue weighted by Crippen LogP contribution is 2.27. The van der Waals surface area contributed by atoms with Crippen LogP contribution in [0.15, 0.2) is 36.5 Å². The second kappa shape index (κ2) is 12.1. The second-order valence-electron chi connectivity index (χ2n) is 8.96. The first-order chi connectivity index (χ1) is 16.8. The molecule has 3 rings (SSSR count). The van der Waals surface area contributed by atoms with Crippen LogP contribution in [0.5, 0.6) is 0 Å². The minimum atomic E-state index is -0.805. The third-order valence-corrected chi connectivity index (χ3v) is 6.40. The van der Waals surface area contributed by atoms with Crippen LogP contribution in [0.25, 0.3) is 0 Å². The van der Waals surface area contributed by atoms with Gasteiger partial charge < -0.3 is 21.7 Å². The minimum Gasteiger partial charge on any atom is -0.368 e. The van der Waals surface area contributed by atoms with Crippen LogP contribution in [0.4, 0.5) is 5.69 Å². The molecule has 1 saturated carbocycles. The summed E-state index contributed by atoms with van der Waals surface area (Å²) in [4.78, 5) is 49.4. The number of rotatable bonds is 10. The molecule has 1 aromatic heterocycles. The molecule has 2 atom stereocenters. The quantitative estimate of drug-likeness (QED) is 0.406. The van der Waals surface area contributed by atoms with Gasteiger partial charge in [-0.2, -0.15) is 5.10 Å². The number of aryl methyl sites for hydroxylation is 1. The van der Waals surface area contributed by atoms with Crippen LogP contribution in [0, 0.1) is 5.92 Å². The summed E-state index contributed by atoms with van der Waals surface area (Å²) in [5.74, 6) is -1.41. The van der Waals surface area contributed by atoms with Crippen molar-refractivity contribution in [1.82, 2.24) is 20.4 Å². The Hall–Kier alpha value is -3.69. The fourth-order valence-corrected chi connectivity index (χ4v) is 4.38. The van der Waals surface area contributed by atoms with Gasteiger partial charge in [-0.1, -0.05) is 38.3 Å². The number of hydrogen-bond donors (Lipinski definition) is 4. The molecule has 0 aliphatic heterocycles. The van der Waals surface area contributed by atoms with Crippen LogP contribution in [-0.4, -0.2) is 45.5 Å². The average Bonchev–Trinajstić information content (AvgIpc) is 3.29. The molecular formula is C25H34N6O4. The van der Waals surface area contributed by atoms with Gasteiger partial charge in [0.2, 0.25) is 17.7 Å². The maximum Gasteiger partial charge on any atom is 0.270 e. The van der Waals surface area contributed by atoms with E-state index in [1.165, 1.54) is 4.68 Å². The Bertz CT molecular complexity index is 1040. The van der Waals surface area contributed by atoms with Gasteiger partial charge in [0, 0.05) is 31.8 Å². The van der Waals surface area contributed by atoms with Crippen LogP contribution < -0.4 is 21.7 Å². The van der Waals surface area contributed by atoms with E-state index in [1.807, 2.05) is 0 Å². The van der Waals surface area contributed by atoms with Gasteiger partial charge in [-0.3, -0.25) is 23.9 Å². The summed E-state index contributed by atoms with van der Waals surface area (Å²) in [6.45, 7) is 1.70. The Labute approximate surface area is 205 Å². The fourth-order valence-electron chi connectivity index (χ4n) is 4.38. The zero-order valence-electron chi connectivity index (χ0n) is 20.3. The number of hydrogen-bond acceptors (Lipinski definition) is 5. The third-order valence-electron chi connectivity index (χ3n) is 6.40. The number of aromatic nitrogens is 2. The Morgan fingerprint density at radius 2 is 1.74 bits per heavy atom. The molecule has 10 heteroatoms. The number of nitrogens with zero attached hydrogens (tertiary/aromatic N) is 2. The Morgan fingerprint density at radius 3 is 2.31 bits per heavy atom. The smallest absolute Gasteiger partial charge is 0.270 e. The normalized spacial score (nSPS) is 15.6. The molecule has 4 amide bonds. The number of nitrogens with two attached hydrogens (primary N) is 1.